The molecule has 1 saturated heterocycles. The molecule has 0 bridgehead atoms. The number of hydrogen-bond donors (Lipinski definition) is 1. The summed E-state index contributed by atoms with van der Waals surface area (Å²) < 4.78 is 6.36. The number of ether oxygens (including phenoxy) is 1. The fourth-order valence-corrected chi connectivity index (χ4v) is 7.70. The molecule has 0 unspecified atom stereocenters. The molecule has 1 aliphatic heterocycles. The van der Waals surface area contributed by atoms with Crippen LogP contribution in [0.25, 0.3) is 0 Å². The van der Waals surface area contributed by atoms with E-state index < -0.39 is 0 Å². The Kier molecular flexibility index (Phi) is 4.46. The van der Waals surface area contributed by atoms with Gasteiger partial charge in [-0.3, -0.25) is 4.79 Å². The lowest BCUT2D eigenvalue weighted by Gasteiger charge is -2.60. The first kappa shape index (κ1) is 17.8. The fourth-order valence-electron chi connectivity index (χ4n) is 7.70. The van der Waals surface area contributed by atoms with Crippen LogP contribution in [-0.2, 0) is 9.53 Å². The Morgan fingerprint density at radius 1 is 1.16 bits per heavy atom. The fraction of sp³-hybridized carbons (Fsp3) is 0.955. The van der Waals surface area contributed by atoms with Crippen LogP contribution in [0.4, 0.5) is 0 Å². The first-order valence-corrected chi connectivity index (χ1v) is 10.8. The molecule has 0 spiro atoms. The van der Waals surface area contributed by atoms with Gasteiger partial charge < -0.3 is 10.1 Å². The minimum Gasteiger partial charge on any atom is -0.378 e. The van der Waals surface area contributed by atoms with Gasteiger partial charge >= 0.3 is 0 Å². The molecule has 1 N–H and O–H groups in total. The van der Waals surface area contributed by atoms with Gasteiger partial charge in [0, 0.05) is 19.1 Å². The lowest BCUT2D eigenvalue weighted by atomic mass is 9.47. The largest absolute Gasteiger partial charge is 0.378 e. The molecule has 3 aliphatic carbocycles. The van der Waals surface area contributed by atoms with Crippen molar-refractivity contribution < 1.29 is 9.53 Å². The molecule has 3 heteroatoms. The summed E-state index contributed by atoms with van der Waals surface area (Å²) in [6.07, 6.45) is 9.80. The van der Waals surface area contributed by atoms with Gasteiger partial charge in [-0.2, -0.15) is 0 Å². The van der Waals surface area contributed by atoms with Gasteiger partial charge in [0.15, 0.2) is 0 Å². The van der Waals surface area contributed by atoms with Gasteiger partial charge in [0.1, 0.15) is 0 Å². The van der Waals surface area contributed by atoms with Gasteiger partial charge in [0.05, 0.1) is 6.10 Å². The second-order valence-electron chi connectivity index (χ2n) is 10.1. The third-order valence-corrected chi connectivity index (χ3v) is 8.85. The number of nitrogens with one attached hydrogen (secondary N) is 1. The van der Waals surface area contributed by atoms with Crippen LogP contribution in [-0.4, -0.2) is 24.7 Å². The highest BCUT2D eigenvalue weighted by Gasteiger charge is 2.62. The highest BCUT2D eigenvalue weighted by molar-refractivity contribution is 5.77. The maximum Gasteiger partial charge on any atom is 0.220 e. The predicted octanol–water partition coefficient (Wildman–Crippen LogP) is 4.55. The summed E-state index contributed by atoms with van der Waals surface area (Å²) >= 11 is 0. The molecular weight excluding hydrogens is 310 g/mol. The normalized spacial score (nSPS) is 52.1. The van der Waals surface area contributed by atoms with Crippen molar-refractivity contribution in [3.63, 3.8) is 0 Å². The van der Waals surface area contributed by atoms with Gasteiger partial charge in [-0.1, -0.05) is 27.7 Å². The van der Waals surface area contributed by atoms with Gasteiger partial charge in [0.25, 0.3) is 0 Å². The number of amides is 1. The van der Waals surface area contributed by atoms with Crippen molar-refractivity contribution >= 4 is 5.91 Å². The van der Waals surface area contributed by atoms with Crippen molar-refractivity contribution in [3.8, 4) is 0 Å². The second-order valence-corrected chi connectivity index (χ2v) is 10.1. The third kappa shape index (κ3) is 2.59. The molecule has 4 aliphatic rings. The zero-order valence-corrected chi connectivity index (χ0v) is 16.6. The standard InChI is InChI=1S/C22H37NO2/c1-5-12-25-18-13-14(2)20-15-6-7-17-21(3,11-9-19(24)23-17)16(15)8-10-22(18,20)4/h14-18,20H,5-13H2,1-4H3,(H,23,24)/t14-,15-,16+,17-,18+,20+,21-,22-/m1/s1. The van der Waals surface area contributed by atoms with Crippen LogP contribution in [0.3, 0.4) is 0 Å². The molecular formula is C22H37NO2. The molecule has 0 aromatic rings. The Hall–Kier alpha value is -0.570. The summed E-state index contributed by atoms with van der Waals surface area (Å²) in [4.78, 5) is 11.9. The Morgan fingerprint density at radius 3 is 2.72 bits per heavy atom. The lowest BCUT2D eigenvalue weighted by molar-refractivity contribution is -0.142. The molecule has 8 atom stereocenters. The first-order chi connectivity index (χ1) is 11.9. The molecule has 0 radical (unpaired) electrons. The average Bonchev–Trinajstić information content (AvgIpc) is 2.84. The number of carbonyl (C=O) groups excluding carboxylic acids is 1. The number of carbonyl (C=O) groups is 1. The zero-order valence-electron chi connectivity index (χ0n) is 16.6. The highest BCUT2D eigenvalue weighted by Crippen LogP contribution is 2.65. The van der Waals surface area contributed by atoms with Crippen LogP contribution >= 0.6 is 0 Å². The van der Waals surface area contributed by atoms with Crippen LogP contribution in [0.1, 0.15) is 79.1 Å². The van der Waals surface area contributed by atoms with E-state index in [-0.39, 0.29) is 5.91 Å². The molecule has 1 heterocycles. The topological polar surface area (TPSA) is 38.3 Å². The van der Waals surface area contributed by atoms with Gasteiger partial charge in [-0.05, 0) is 79.4 Å². The summed E-state index contributed by atoms with van der Waals surface area (Å²) in [6, 6.07) is 0.420. The first-order valence-electron chi connectivity index (χ1n) is 10.8. The van der Waals surface area contributed by atoms with Gasteiger partial charge in [-0.15, -0.1) is 0 Å². The quantitative estimate of drug-likeness (QED) is 0.813. The van der Waals surface area contributed by atoms with Crippen molar-refractivity contribution in [1.29, 1.82) is 0 Å². The molecule has 3 saturated carbocycles. The van der Waals surface area contributed by atoms with Crippen LogP contribution in [0.5, 0.6) is 0 Å². The Labute approximate surface area is 153 Å². The summed E-state index contributed by atoms with van der Waals surface area (Å²) in [5.41, 5.74) is 0.692. The van der Waals surface area contributed by atoms with Crippen molar-refractivity contribution in [3.05, 3.63) is 0 Å². The second kappa shape index (κ2) is 6.25. The third-order valence-electron chi connectivity index (χ3n) is 8.85. The van der Waals surface area contributed by atoms with E-state index in [1.165, 1.54) is 32.1 Å². The van der Waals surface area contributed by atoms with E-state index in [1.807, 2.05) is 0 Å². The Morgan fingerprint density at radius 2 is 1.96 bits per heavy atom. The summed E-state index contributed by atoms with van der Waals surface area (Å²) in [6.45, 7) is 10.6. The lowest BCUT2D eigenvalue weighted by Crippen LogP contribution is -2.61. The minimum atomic E-state index is 0.281. The van der Waals surface area contributed by atoms with E-state index in [4.69, 9.17) is 4.74 Å². The SMILES string of the molecule is CCCO[C@H]1C[C@@H](C)[C@H]2[C@@H]3CC[C@H]4NC(=O)CC[C@]4(C)[C@H]3CC[C@@]21C. The van der Waals surface area contributed by atoms with E-state index >= 15 is 0 Å². The predicted molar refractivity (Wildman–Crippen MR) is 100 cm³/mol. The zero-order chi connectivity index (χ0) is 17.8. The van der Waals surface area contributed by atoms with E-state index in [9.17, 15) is 4.79 Å². The number of piperidine rings is 1. The Balaban J connectivity index is 1.59. The van der Waals surface area contributed by atoms with Crippen molar-refractivity contribution in [2.24, 2.45) is 34.5 Å². The summed E-state index contributed by atoms with van der Waals surface area (Å²) in [7, 11) is 0. The number of fused-ring (bicyclic) bond motifs is 5. The maximum absolute atomic E-state index is 11.9. The monoisotopic (exact) mass is 347 g/mol. The molecule has 4 fully saturated rings. The maximum atomic E-state index is 11.9. The highest BCUT2D eigenvalue weighted by atomic mass is 16.5. The van der Waals surface area contributed by atoms with Crippen LogP contribution in [0.15, 0.2) is 0 Å². The molecule has 25 heavy (non-hydrogen) atoms. The molecule has 1 amide bonds. The average molecular weight is 348 g/mol. The van der Waals surface area contributed by atoms with Crippen molar-refractivity contribution in [1.82, 2.24) is 5.32 Å². The Bertz CT molecular complexity index is 534. The van der Waals surface area contributed by atoms with Gasteiger partial charge in [0.2, 0.25) is 5.91 Å². The van der Waals surface area contributed by atoms with E-state index in [0.29, 0.717) is 23.0 Å². The molecule has 0 aromatic carbocycles. The molecule has 4 rings (SSSR count). The molecule has 3 nitrogen and oxygen atoms in total. The van der Waals surface area contributed by atoms with Crippen LogP contribution < -0.4 is 5.32 Å². The number of hydrogen-bond acceptors (Lipinski definition) is 2. The van der Waals surface area contributed by atoms with Crippen LogP contribution in [0.2, 0.25) is 0 Å². The minimum absolute atomic E-state index is 0.281. The van der Waals surface area contributed by atoms with E-state index in [1.54, 1.807) is 0 Å². The molecule has 0 aromatic heterocycles. The van der Waals surface area contributed by atoms with Crippen molar-refractivity contribution in [2.75, 3.05) is 6.61 Å². The smallest absolute Gasteiger partial charge is 0.220 e. The van der Waals surface area contributed by atoms with E-state index in [0.717, 1.165) is 49.5 Å². The van der Waals surface area contributed by atoms with Crippen LogP contribution in [0, 0.1) is 34.5 Å². The number of rotatable bonds is 3. The van der Waals surface area contributed by atoms with Gasteiger partial charge in [-0.25, -0.2) is 0 Å². The van der Waals surface area contributed by atoms with Crippen molar-refractivity contribution in [2.45, 2.75) is 91.2 Å². The van der Waals surface area contributed by atoms with E-state index in [2.05, 4.69) is 33.0 Å². The summed E-state index contributed by atoms with van der Waals surface area (Å²) in [5, 5.41) is 3.35. The molecule has 142 valence electrons. The summed E-state index contributed by atoms with van der Waals surface area (Å²) in [5.74, 6) is 3.49.